The van der Waals surface area contributed by atoms with E-state index in [1.54, 1.807) is 28.6 Å². The van der Waals surface area contributed by atoms with Gasteiger partial charge in [0.1, 0.15) is 6.07 Å². The first-order chi connectivity index (χ1) is 14.4. The zero-order valence-corrected chi connectivity index (χ0v) is 18.4. The number of oxazole rings is 1. The Balaban J connectivity index is 1.59. The Hall–Kier alpha value is -2.37. The van der Waals surface area contributed by atoms with Crippen LogP contribution >= 0.6 is 0 Å². The molecule has 7 nitrogen and oxygen atoms in total. The second-order valence-corrected chi connectivity index (χ2v) is 10.6. The van der Waals surface area contributed by atoms with E-state index in [4.69, 9.17) is 4.42 Å². The highest BCUT2D eigenvalue weighted by atomic mass is 32.2. The molecule has 3 heterocycles. The molecule has 0 N–H and O–H groups in total. The summed E-state index contributed by atoms with van der Waals surface area (Å²) in [6.45, 7) is 7.22. The van der Waals surface area contributed by atoms with Crippen LogP contribution in [-0.4, -0.2) is 43.9 Å². The van der Waals surface area contributed by atoms with Gasteiger partial charge in [0.25, 0.3) is 0 Å². The summed E-state index contributed by atoms with van der Waals surface area (Å²) in [5.74, 6) is 1.89. The van der Waals surface area contributed by atoms with E-state index >= 15 is 0 Å². The quantitative estimate of drug-likeness (QED) is 0.734. The maximum absolute atomic E-state index is 12.8. The third kappa shape index (κ3) is 4.09. The molecule has 2 atom stereocenters. The van der Waals surface area contributed by atoms with Crippen LogP contribution in [0.4, 0.5) is 5.88 Å². The lowest BCUT2D eigenvalue weighted by molar-refractivity contribution is 0.344. The molecule has 2 aliphatic rings. The van der Waals surface area contributed by atoms with Crippen LogP contribution in [0.5, 0.6) is 0 Å². The van der Waals surface area contributed by atoms with Gasteiger partial charge < -0.3 is 9.32 Å². The summed E-state index contributed by atoms with van der Waals surface area (Å²) in [6.07, 6.45) is 4.04. The fraction of sp³-hybridized carbons (Fsp3) is 0.545. The molecule has 2 aliphatic heterocycles. The molecule has 0 bridgehead atoms. The summed E-state index contributed by atoms with van der Waals surface area (Å²) in [4.78, 5) is 6.75. The molecule has 2 aromatic rings. The van der Waals surface area contributed by atoms with Crippen molar-refractivity contribution in [3.63, 3.8) is 0 Å². The fourth-order valence-corrected chi connectivity index (χ4v) is 6.09. The standard InChI is InChI=1S/C22H28N4O3S/c1-16-12-17(2)15-25(14-16)22-20(13-23)24-21(29-22)18-6-8-19(9-7-18)30(27,28)26-10-4-3-5-11-26/h6-9,16-17H,3-5,10-12,14-15H2,1-2H3. The molecule has 2 fully saturated rings. The number of nitrogens with zero attached hydrogens (tertiary/aromatic N) is 4. The summed E-state index contributed by atoms with van der Waals surface area (Å²) in [5.41, 5.74) is 0.935. The number of sulfonamides is 1. The van der Waals surface area contributed by atoms with E-state index in [1.165, 1.54) is 0 Å². The number of nitriles is 1. The minimum Gasteiger partial charge on any atom is -0.419 e. The van der Waals surface area contributed by atoms with Crippen molar-refractivity contribution in [2.75, 3.05) is 31.1 Å². The first-order valence-electron chi connectivity index (χ1n) is 10.6. The average Bonchev–Trinajstić information content (AvgIpc) is 3.18. The highest BCUT2D eigenvalue weighted by Gasteiger charge is 2.29. The van der Waals surface area contributed by atoms with E-state index in [0.29, 0.717) is 42.3 Å². The van der Waals surface area contributed by atoms with Crippen LogP contribution in [0, 0.1) is 23.2 Å². The van der Waals surface area contributed by atoms with Gasteiger partial charge in [-0.25, -0.2) is 8.42 Å². The SMILES string of the molecule is CC1CC(C)CN(c2oc(-c3ccc(S(=O)(=O)N4CCCCC4)cc3)nc2C#N)C1. The molecule has 1 aromatic heterocycles. The Morgan fingerprint density at radius 3 is 2.30 bits per heavy atom. The monoisotopic (exact) mass is 428 g/mol. The Bertz CT molecular complexity index is 1020. The van der Waals surface area contributed by atoms with Crippen molar-refractivity contribution in [2.45, 2.75) is 44.4 Å². The van der Waals surface area contributed by atoms with Gasteiger partial charge in [-0.1, -0.05) is 20.3 Å². The summed E-state index contributed by atoms with van der Waals surface area (Å²) in [7, 11) is -3.48. The predicted molar refractivity (Wildman–Crippen MR) is 114 cm³/mol. The number of anilines is 1. The number of aromatic nitrogens is 1. The molecular weight excluding hydrogens is 400 g/mol. The van der Waals surface area contributed by atoms with Crippen molar-refractivity contribution in [2.24, 2.45) is 11.8 Å². The minimum atomic E-state index is -3.48. The van der Waals surface area contributed by atoms with Crippen LogP contribution in [0.2, 0.25) is 0 Å². The second kappa shape index (κ2) is 8.40. The van der Waals surface area contributed by atoms with Crippen molar-refractivity contribution in [1.29, 1.82) is 5.26 Å². The maximum atomic E-state index is 12.8. The fourth-order valence-electron chi connectivity index (χ4n) is 4.58. The molecule has 2 unspecified atom stereocenters. The maximum Gasteiger partial charge on any atom is 0.243 e. The summed E-state index contributed by atoms with van der Waals surface area (Å²) < 4.78 is 33.2. The third-order valence-corrected chi connectivity index (χ3v) is 7.84. The highest BCUT2D eigenvalue weighted by Crippen LogP contribution is 2.33. The largest absolute Gasteiger partial charge is 0.419 e. The van der Waals surface area contributed by atoms with Crippen LogP contribution < -0.4 is 4.90 Å². The Morgan fingerprint density at radius 2 is 1.70 bits per heavy atom. The minimum absolute atomic E-state index is 0.274. The lowest BCUT2D eigenvalue weighted by Crippen LogP contribution is -2.38. The normalized spacial score (nSPS) is 23.3. The first-order valence-corrected chi connectivity index (χ1v) is 12.1. The molecule has 2 saturated heterocycles. The van der Waals surface area contributed by atoms with Crippen molar-refractivity contribution in [3.8, 4) is 17.5 Å². The van der Waals surface area contributed by atoms with Crippen LogP contribution in [0.25, 0.3) is 11.5 Å². The van der Waals surface area contributed by atoms with Gasteiger partial charge in [-0.05, 0) is 55.4 Å². The Labute approximate surface area is 178 Å². The van der Waals surface area contributed by atoms with Gasteiger partial charge in [0.2, 0.25) is 27.5 Å². The number of benzene rings is 1. The Morgan fingerprint density at radius 1 is 1.07 bits per heavy atom. The summed E-state index contributed by atoms with van der Waals surface area (Å²) in [6, 6.07) is 8.74. The van der Waals surface area contributed by atoms with Crippen LogP contribution in [-0.2, 0) is 10.0 Å². The van der Waals surface area contributed by atoms with E-state index in [9.17, 15) is 13.7 Å². The summed E-state index contributed by atoms with van der Waals surface area (Å²) in [5, 5.41) is 9.55. The molecular formula is C22H28N4O3S. The van der Waals surface area contributed by atoms with E-state index in [2.05, 4.69) is 29.8 Å². The number of hydrogen-bond acceptors (Lipinski definition) is 6. The topological polar surface area (TPSA) is 90.4 Å². The lowest BCUT2D eigenvalue weighted by Gasteiger charge is -2.34. The van der Waals surface area contributed by atoms with Crippen molar-refractivity contribution < 1.29 is 12.8 Å². The summed E-state index contributed by atoms with van der Waals surface area (Å²) >= 11 is 0. The molecule has 1 aromatic carbocycles. The van der Waals surface area contributed by atoms with Gasteiger partial charge in [-0.15, -0.1) is 0 Å². The molecule has 4 rings (SSSR count). The predicted octanol–water partition coefficient (Wildman–Crippen LogP) is 3.87. The van der Waals surface area contributed by atoms with Gasteiger partial charge in [0.15, 0.2) is 0 Å². The second-order valence-electron chi connectivity index (χ2n) is 8.62. The molecule has 0 amide bonds. The third-order valence-electron chi connectivity index (χ3n) is 5.93. The number of rotatable bonds is 4. The zero-order valence-electron chi connectivity index (χ0n) is 17.5. The van der Waals surface area contributed by atoms with Gasteiger partial charge in [-0.3, -0.25) is 0 Å². The molecule has 0 spiro atoms. The number of hydrogen-bond donors (Lipinski definition) is 0. The van der Waals surface area contributed by atoms with E-state index in [0.717, 1.165) is 38.8 Å². The van der Waals surface area contributed by atoms with Crippen LogP contribution in [0.3, 0.4) is 0 Å². The van der Waals surface area contributed by atoms with Gasteiger partial charge in [0.05, 0.1) is 4.90 Å². The molecule has 8 heteroatoms. The molecule has 0 radical (unpaired) electrons. The van der Waals surface area contributed by atoms with E-state index < -0.39 is 10.0 Å². The molecule has 30 heavy (non-hydrogen) atoms. The van der Waals surface area contributed by atoms with Crippen molar-refractivity contribution in [1.82, 2.24) is 9.29 Å². The van der Waals surface area contributed by atoms with Gasteiger partial charge in [-0.2, -0.15) is 14.6 Å². The van der Waals surface area contributed by atoms with Crippen molar-refractivity contribution >= 4 is 15.9 Å². The van der Waals surface area contributed by atoms with E-state index in [1.807, 2.05) is 0 Å². The highest BCUT2D eigenvalue weighted by molar-refractivity contribution is 7.89. The van der Waals surface area contributed by atoms with Crippen LogP contribution in [0.1, 0.15) is 45.2 Å². The van der Waals surface area contributed by atoms with Gasteiger partial charge >= 0.3 is 0 Å². The zero-order chi connectivity index (χ0) is 21.3. The smallest absolute Gasteiger partial charge is 0.243 e. The molecule has 0 aliphatic carbocycles. The molecule has 0 saturated carbocycles. The van der Waals surface area contributed by atoms with E-state index in [-0.39, 0.29) is 10.6 Å². The Kier molecular flexibility index (Phi) is 5.85. The first kappa shape index (κ1) is 20.9. The van der Waals surface area contributed by atoms with Gasteiger partial charge in [0, 0.05) is 31.7 Å². The number of piperidine rings is 2. The average molecular weight is 429 g/mol. The van der Waals surface area contributed by atoms with Crippen LogP contribution in [0.15, 0.2) is 33.6 Å². The lowest BCUT2D eigenvalue weighted by atomic mass is 9.92. The van der Waals surface area contributed by atoms with Crippen molar-refractivity contribution in [3.05, 3.63) is 30.0 Å². The molecule has 160 valence electrons.